The van der Waals surface area contributed by atoms with Crippen molar-refractivity contribution < 1.29 is 0 Å². The summed E-state index contributed by atoms with van der Waals surface area (Å²) in [7, 11) is 0. The largest absolute Gasteiger partial charge is 0.351 e. The fourth-order valence-electron chi connectivity index (χ4n) is 2.58. The maximum absolute atomic E-state index is 4.65. The van der Waals surface area contributed by atoms with E-state index in [2.05, 4.69) is 62.3 Å². The summed E-state index contributed by atoms with van der Waals surface area (Å²) in [6, 6.07) is 8.99. The topological polar surface area (TPSA) is 28.2 Å². The van der Waals surface area contributed by atoms with Crippen molar-refractivity contribution in [3.05, 3.63) is 34.9 Å². The van der Waals surface area contributed by atoms with E-state index >= 15 is 0 Å². The number of pyridine rings is 1. The number of aromatic nitrogens is 1. The van der Waals surface area contributed by atoms with E-state index in [9.17, 15) is 0 Å². The summed E-state index contributed by atoms with van der Waals surface area (Å²) in [6.07, 6.45) is 3.06. The Morgan fingerprint density at radius 2 is 2.16 bits per heavy atom. The molecule has 0 atom stereocenters. The molecule has 0 aliphatic carbocycles. The van der Waals surface area contributed by atoms with Crippen LogP contribution >= 0.6 is 15.9 Å². The predicted octanol–water partition coefficient (Wildman–Crippen LogP) is 3.19. The molecule has 4 heteroatoms. The molecule has 0 radical (unpaired) electrons. The average molecular weight is 320 g/mol. The molecule has 1 N–H and O–H groups in total. The molecule has 2 aromatic rings. The van der Waals surface area contributed by atoms with Gasteiger partial charge in [-0.3, -0.25) is 0 Å². The third-order valence-corrected chi connectivity index (χ3v) is 4.36. The minimum Gasteiger partial charge on any atom is -0.351 e. The fraction of sp³-hybridized carbons (Fsp3) is 0.400. The number of hydrogen-bond donors (Lipinski definition) is 1. The summed E-state index contributed by atoms with van der Waals surface area (Å²) >= 11 is 3.63. The van der Waals surface area contributed by atoms with Gasteiger partial charge in [0.15, 0.2) is 0 Å². The van der Waals surface area contributed by atoms with Crippen molar-refractivity contribution in [1.82, 2.24) is 10.3 Å². The molecular weight excluding hydrogens is 302 g/mol. The molecule has 0 amide bonds. The lowest BCUT2D eigenvalue weighted by Crippen LogP contribution is -2.57. The smallest absolute Gasteiger partial charge is 0.136 e. The molecule has 1 aliphatic heterocycles. The number of nitrogens with one attached hydrogen (secondary N) is 1. The number of benzene rings is 1. The second kappa shape index (κ2) is 5.47. The Kier molecular flexibility index (Phi) is 3.71. The fourth-order valence-corrected chi connectivity index (χ4v) is 3.08. The van der Waals surface area contributed by atoms with Gasteiger partial charge in [0.1, 0.15) is 5.82 Å². The highest BCUT2D eigenvalue weighted by molar-refractivity contribution is 9.10. The van der Waals surface area contributed by atoms with Crippen LogP contribution in [0.25, 0.3) is 10.8 Å². The highest BCUT2D eigenvalue weighted by Crippen LogP contribution is 2.31. The normalized spacial score (nSPS) is 15.5. The lowest BCUT2D eigenvalue weighted by atomic mass is 10.1. The molecule has 0 spiro atoms. The van der Waals surface area contributed by atoms with Crippen molar-refractivity contribution in [2.45, 2.75) is 19.4 Å². The third-order valence-electron chi connectivity index (χ3n) is 3.67. The van der Waals surface area contributed by atoms with Crippen LogP contribution in [0, 0.1) is 0 Å². The molecule has 0 bridgehead atoms. The average Bonchev–Trinajstić information content (AvgIpc) is 2.36. The van der Waals surface area contributed by atoms with Crippen molar-refractivity contribution >= 4 is 32.5 Å². The van der Waals surface area contributed by atoms with Crippen molar-refractivity contribution in [1.29, 1.82) is 0 Å². The number of hydrogen-bond acceptors (Lipinski definition) is 3. The Labute approximate surface area is 122 Å². The van der Waals surface area contributed by atoms with Gasteiger partial charge in [0.25, 0.3) is 0 Å². The molecule has 19 heavy (non-hydrogen) atoms. The highest BCUT2D eigenvalue weighted by Gasteiger charge is 2.26. The maximum atomic E-state index is 4.65. The van der Waals surface area contributed by atoms with Crippen LogP contribution in [-0.4, -0.2) is 30.7 Å². The SMILES string of the molecule is CCCN(c1nccc2c(Br)cccc12)C1CNC1. The maximum Gasteiger partial charge on any atom is 0.136 e. The van der Waals surface area contributed by atoms with Crippen LogP contribution in [0.5, 0.6) is 0 Å². The van der Waals surface area contributed by atoms with E-state index in [0.29, 0.717) is 6.04 Å². The zero-order valence-electron chi connectivity index (χ0n) is 11.1. The Morgan fingerprint density at radius 3 is 2.84 bits per heavy atom. The number of fused-ring (bicyclic) bond motifs is 1. The first-order valence-corrected chi connectivity index (χ1v) is 7.61. The lowest BCUT2D eigenvalue weighted by molar-refractivity contribution is 0.411. The zero-order valence-corrected chi connectivity index (χ0v) is 12.7. The van der Waals surface area contributed by atoms with E-state index in [-0.39, 0.29) is 0 Å². The van der Waals surface area contributed by atoms with E-state index in [1.165, 1.54) is 10.8 Å². The minimum absolute atomic E-state index is 0.581. The predicted molar refractivity (Wildman–Crippen MR) is 83.7 cm³/mol. The van der Waals surface area contributed by atoms with Crippen molar-refractivity contribution in [2.24, 2.45) is 0 Å². The number of anilines is 1. The first-order chi connectivity index (χ1) is 9.31. The van der Waals surface area contributed by atoms with Gasteiger partial charge in [0.05, 0.1) is 6.04 Å². The monoisotopic (exact) mass is 319 g/mol. The van der Waals surface area contributed by atoms with Gasteiger partial charge in [0, 0.05) is 41.1 Å². The Morgan fingerprint density at radius 1 is 1.32 bits per heavy atom. The van der Waals surface area contributed by atoms with Crippen LogP contribution in [0.2, 0.25) is 0 Å². The second-order valence-corrected chi connectivity index (χ2v) is 5.83. The molecule has 1 aromatic carbocycles. The van der Waals surface area contributed by atoms with Gasteiger partial charge in [-0.15, -0.1) is 0 Å². The third kappa shape index (κ3) is 2.35. The first kappa shape index (κ1) is 12.9. The minimum atomic E-state index is 0.581. The lowest BCUT2D eigenvalue weighted by Gasteiger charge is -2.39. The zero-order chi connectivity index (χ0) is 13.2. The van der Waals surface area contributed by atoms with Crippen LogP contribution < -0.4 is 10.2 Å². The molecule has 0 saturated carbocycles. The van der Waals surface area contributed by atoms with Crippen LogP contribution in [-0.2, 0) is 0 Å². The summed E-state index contributed by atoms with van der Waals surface area (Å²) in [6.45, 7) is 5.41. The standard InChI is InChI=1S/C15H18BrN3/c1-2-8-19(11-9-17-10-11)15-13-4-3-5-14(16)12(13)6-7-18-15/h3-7,11,17H,2,8-10H2,1H3. The van der Waals surface area contributed by atoms with Gasteiger partial charge in [-0.25, -0.2) is 4.98 Å². The van der Waals surface area contributed by atoms with Crippen LogP contribution in [0.15, 0.2) is 34.9 Å². The molecular formula is C15H18BrN3. The number of nitrogens with zero attached hydrogens (tertiary/aromatic N) is 2. The second-order valence-electron chi connectivity index (χ2n) is 4.97. The molecule has 3 nitrogen and oxygen atoms in total. The Hall–Kier alpha value is -1.13. The molecule has 1 aromatic heterocycles. The van der Waals surface area contributed by atoms with E-state index in [0.717, 1.165) is 36.3 Å². The van der Waals surface area contributed by atoms with Gasteiger partial charge >= 0.3 is 0 Å². The molecule has 1 aliphatic rings. The van der Waals surface area contributed by atoms with Crippen molar-refractivity contribution in [3.8, 4) is 0 Å². The molecule has 100 valence electrons. The molecule has 0 unspecified atom stereocenters. The molecule has 2 heterocycles. The van der Waals surface area contributed by atoms with E-state index in [1.54, 1.807) is 0 Å². The molecule has 3 rings (SSSR count). The first-order valence-electron chi connectivity index (χ1n) is 6.82. The van der Waals surface area contributed by atoms with Crippen LogP contribution in [0.1, 0.15) is 13.3 Å². The van der Waals surface area contributed by atoms with Gasteiger partial charge in [0.2, 0.25) is 0 Å². The molecule has 1 saturated heterocycles. The Balaban J connectivity index is 2.09. The number of halogens is 1. The van der Waals surface area contributed by atoms with Crippen molar-refractivity contribution in [2.75, 3.05) is 24.5 Å². The summed E-state index contributed by atoms with van der Waals surface area (Å²) in [5.74, 6) is 1.12. The van der Waals surface area contributed by atoms with E-state index in [4.69, 9.17) is 0 Å². The van der Waals surface area contributed by atoms with E-state index in [1.807, 2.05) is 6.20 Å². The van der Waals surface area contributed by atoms with Gasteiger partial charge < -0.3 is 10.2 Å². The summed E-state index contributed by atoms with van der Waals surface area (Å²) in [5, 5.41) is 5.82. The quantitative estimate of drug-likeness (QED) is 0.938. The van der Waals surface area contributed by atoms with Gasteiger partial charge in [-0.2, -0.15) is 0 Å². The summed E-state index contributed by atoms with van der Waals surface area (Å²) in [5.41, 5.74) is 0. The van der Waals surface area contributed by atoms with Crippen LogP contribution in [0.3, 0.4) is 0 Å². The Bertz CT molecular complexity index is 581. The van der Waals surface area contributed by atoms with Crippen molar-refractivity contribution in [3.63, 3.8) is 0 Å². The summed E-state index contributed by atoms with van der Waals surface area (Å²) < 4.78 is 1.14. The molecule has 1 fully saturated rings. The van der Waals surface area contributed by atoms with E-state index < -0.39 is 0 Å². The summed E-state index contributed by atoms with van der Waals surface area (Å²) in [4.78, 5) is 7.10. The van der Waals surface area contributed by atoms with Gasteiger partial charge in [-0.1, -0.05) is 35.0 Å². The van der Waals surface area contributed by atoms with Crippen LogP contribution in [0.4, 0.5) is 5.82 Å². The highest BCUT2D eigenvalue weighted by atomic mass is 79.9. The number of rotatable bonds is 4. The van der Waals surface area contributed by atoms with Gasteiger partial charge in [-0.05, 0) is 18.6 Å².